The van der Waals surface area contributed by atoms with Crippen molar-refractivity contribution in [2.75, 3.05) is 5.32 Å². The highest BCUT2D eigenvalue weighted by molar-refractivity contribution is 5.95. The van der Waals surface area contributed by atoms with Crippen molar-refractivity contribution in [2.45, 2.75) is 65.0 Å². The Morgan fingerprint density at radius 2 is 1.86 bits per heavy atom. The molecule has 2 heterocycles. The Morgan fingerprint density at radius 3 is 2.52 bits per heavy atom. The molecule has 9 heteroatoms. The molecule has 0 bridgehead atoms. The van der Waals surface area contributed by atoms with Crippen LogP contribution >= 0.6 is 0 Å². The van der Waals surface area contributed by atoms with Gasteiger partial charge in [-0.15, -0.1) is 0 Å². The molecule has 1 amide bonds. The lowest BCUT2D eigenvalue weighted by atomic mass is 9.91. The summed E-state index contributed by atoms with van der Waals surface area (Å²) in [6.45, 7) is 5.54. The summed E-state index contributed by atoms with van der Waals surface area (Å²) in [4.78, 5) is 27.7. The number of aryl methyl sites for hydroxylation is 3. The Balaban J connectivity index is 1.57. The monoisotopic (exact) mass is 398 g/mol. The number of hydrogen-bond acceptors (Lipinski definition) is 7. The topological polar surface area (TPSA) is 123 Å². The molecule has 0 atom stereocenters. The highest BCUT2D eigenvalue weighted by Crippen LogP contribution is 2.27. The summed E-state index contributed by atoms with van der Waals surface area (Å²) in [5.41, 5.74) is 2.72. The maximum atomic E-state index is 12.6. The summed E-state index contributed by atoms with van der Waals surface area (Å²) in [7, 11) is 0. The van der Waals surface area contributed by atoms with Crippen LogP contribution < -0.4 is 10.6 Å². The molecular formula is C20H26N6O3. The van der Waals surface area contributed by atoms with E-state index >= 15 is 0 Å². The minimum atomic E-state index is -0.413. The van der Waals surface area contributed by atoms with E-state index in [1.54, 1.807) is 26.1 Å². The first-order chi connectivity index (χ1) is 13.9. The van der Waals surface area contributed by atoms with Crippen molar-refractivity contribution in [2.24, 2.45) is 0 Å². The molecular weight excluding hydrogens is 372 g/mol. The average Bonchev–Trinajstić information content (AvgIpc) is 2.71. The number of amides is 1. The van der Waals surface area contributed by atoms with Crippen molar-refractivity contribution < 1.29 is 9.72 Å². The number of hydrogen-bond donors (Lipinski definition) is 2. The maximum absolute atomic E-state index is 12.6. The van der Waals surface area contributed by atoms with Crippen LogP contribution in [0.3, 0.4) is 0 Å². The number of carbonyl (C=O) groups is 1. The molecule has 1 aliphatic carbocycles. The molecule has 3 rings (SSSR count). The van der Waals surface area contributed by atoms with Crippen molar-refractivity contribution in [1.29, 1.82) is 0 Å². The third-order valence-corrected chi connectivity index (χ3v) is 5.24. The Labute approximate surface area is 169 Å². The van der Waals surface area contributed by atoms with Crippen molar-refractivity contribution >= 4 is 17.4 Å². The average molecular weight is 398 g/mol. The number of pyridine rings is 1. The predicted molar refractivity (Wildman–Crippen MR) is 109 cm³/mol. The maximum Gasteiger partial charge on any atom is 0.311 e. The van der Waals surface area contributed by atoms with E-state index in [9.17, 15) is 14.9 Å². The molecule has 9 nitrogen and oxygen atoms in total. The number of aromatic nitrogens is 3. The van der Waals surface area contributed by atoms with Gasteiger partial charge in [-0.1, -0.05) is 6.92 Å². The Bertz CT molecular complexity index is 909. The molecule has 0 spiro atoms. The molecule has 1 aliphatic rings. The van der Waals surface area contributed by atoms with Gasteiger partial charge in [0.25, 0.3) is 5.91 Å². The molecule has 1 saturated carbocycles. The van der Waals surface area contributed by atoms with E-state index in [1.807, 2.05) is 6.92 Å². The van der Waals surface area contributed by atoms with Gasteiger partial charge in [0.15, 0.2) is 0 Å². The molecule has 0 unspecified atom stereocenters. The lowest BCUT2D eigenvalue weighted by molar-refractivity contribution is -0.384. The van der Waals surface area contributed by atoms with Gasteiger partial charge in [0.1, 0.15) is 0 Å². The Hall–Kier alpha value is -3.10. The molecule has 0 aromatic carbocycles. The van der Waals surface area contributed by atoms with Gasteiger partial charge in [-0.2, -0.15) is 10.2 Å². The van der Waals surface area contributed by atoms with Gasteiger partial charge in [0.05, 0.1) is 21.9 Å². The third kappa shape index (κ3) is 5.04. The third-order valence-electron chi connectivity index (χ3n) is 5.24. The lowest BCUT2D eigenvalue weighted by Crippen LogP contribution is -2.40. The van der Waals surface area contributed by atoms with Crippen molar-refractivity contribution in [3.05, 3.63) is 51.0 Å². The van der Waals surface area contributed by atoms with Gasteiger partial charge in [-0.25, -0.2) is 4.98 Å². The van der Waals surface area contributed by atoms with Crippen LogP contribution in [-0.4, -0.2) is 38.1 Å². The number of nitro groups is 1. The fourth-order valence-electron chi connectivity index (χ4n) is 3.54. The number of rotatable bonds is 6. The van der Waals surface area contributed by atoms with E-state index in [1.165, 1.54) is 6.07 Å². The van der Waals surface area contributed by atoms with Crippen LogP contribution in [-0.2, 0) is 6.42 Å². The van der Waals surface area contributed by atoms with Crippen LogP contribution in [0.2, 0.25) is 0 Å². The van der Waals surface area contributed by atoms with Crippen molar-refractivity contribution in [3.63, 3.8) is 0 Å². The molecule has 0 radical (unpaired) electrons. The Morgan fingerprint density at radius 1 is 1.17 bits per heavy atom. The minimum Gasteiger partial charge on any atom is -0.362 e. The molecule has 2 aromatic heterocycles. The lowest BCUT2D eigenvalue weighted by Gasteiger charge is -2.30. The highest BCUT2D eigenvalue weighted by atomic mass is 16.6. The first-order valence-electron chi connectivity index (χ1n) is 9.89. The second kappa shape index (κ2) is 8.93. The second-order valence-electron chi connectivity index (χ2n) is 7.49. The molecule has 154 valence electrons. The predicted octanol–water partition coefficient (Wildman–Crippen LogP) is 3.11. The largest absolute Gasteiger partial charge is 0.362 e. The van der Waals surface area contributed by atoms with Crippen molar-refractivity contribution in [3.8, 4) is 0 Å². The van der Waals surface area contributed by atoms with Crippen LogP contribution in [0.4, 0.5) is 11.5 Å². The zero-order chi connectivity index (χ0) is 21.0. The van der Waals surface area contributed by atoms with Gasteiger partial charge < -0.3 is 10.6 Å². The summed E-state index contributed by atoms with van der Waals surface area (Å²) < 4.78 is 0. The normalized spacial score (nSPS) is 18.9. The number of carbonyl (C=O) groups excluding carboxylic acids is 1. The molecule has 0 aliphatic heterocycles. The molecule has 0 saturated heterocycles. The van der Waals surface area contributed by atoms with E-state index in [0.29, 0.717) is 17.1 Å². The summed E-state index contributed by atoms with van der Waals surface area (Å²) in [6.07, 6.45) is 5.53. The summed E-state index contributed by atoms with van der Waals surface area (Å²) >= 11 is 0. The zero-order valence-electron chi connectivity index (χ0n) is 16.9. The molecule has 2 N–H and O–H groups in total. The highest BCUT2D eigenvalue weighted by Gasteiger charge is 2.26. The van der Waals surface area contributed by atoms with Gasteiger partial charge in [-0.3, -0.25) is 14.9 Å². The van der Waals surface area contributed by atoms with Crippen LogP contribution in [0.25, 0.3) is 0 Å². The smallest absolute Gasteiger partial charge is 0.311 e. The zero-order valence-corrected chi connectivity index (χ0v) is 16.9. The van der Waals surface area contributed by atoms with Crippen molar-refractivity contribution in [1.82, 2.24) is 20.5 Å². The number of nitrogens with zero attached hydrogens (tertiary/aromatic N) is 4. The quantitative estimate of drug-likeness (QED) is 0.566. The molecule has 1 fully saturated rings. The fraction of sp³-hybridized carbons (Fsp3) is 0.500. The van der Waals surface area contributed by atoms with Gasteiger partial charge in [-0.05, 0) is 57.6 Å². The molecule has 29 heavy (non-hydrogen) atoms. The van der Waals surface area contributed by atoms with Crippen LogP contribution in [0.1, 0.15) is 59.9 Å². The summed E-state index contributed by atoms with van der Waals surface area (Å²) in [6, 6.07) is 3.48. The standard InChI is InChI=1S/C20H26N6O3/c1-4-14-10-17(13(3)24-25-14)20(27)23-16-7-5-15(6-8-16)22-19-18(26(28)29)9-12(2)11-21-19/h9-11,15-16H,4-8H2,1-3H3,(H,21,22)(H,23,27). The summed E-state index contributed by atoms with van der Waals surface area (Å²) in [5.74, 6) is 0.179. The van der Waals surface area contributed by atoms with Crippen LogP contribution in [0, 0.1) is 24.0 Å². The fourth-order valence-corrected chi connectivity index (χ4v) is 3.54. The number of nitrogens with one attached hydrogen (secondary N) is 2. The van der Waals surface area contributed by atoms with E-state index in [4.69, 9.17) is 0 Å². The van der Waals surface area contributed by atoms with Gasteiger partial charge in [0, 0.05) is 24.3 Å². The van der Waals surface area contributed by atoms with Gasteiger partial charge in [0.2, 0.25) is 5.82 Å². The number of anilines is 1. The van der Waals surface area contributed by atoms with Crippen LogP contribution in [0.15, 0.2) is 18.3 Å². The summed E-state index contributed by atoms with van der Waals surface area (Å²) in [5, 5.41) is 25.7. The minimum absolute atomic E-state index is 0.00665. The second-order valence-corrected chi connectivity index (χ2v) is 7.49. The molecule has 2 aromatic rings. The first-order valence-corrected chi connectivity index (χ1v) is 9.89. The van der Waals surface area contributed by atoms with E-state index < -0.39 is 4.92 Å². The first kappa shape index (κ1) is 20.6. The Kier molecular flexibility index (Phi) is 6.36. The van der Waals surface area contributed by atoms with E-state index in [-0.39, 0.29) is 23.7 Å². The SMILES string of the molecule is CCc1cc(C(=O)NC2CCC(Nc3ncc(C)cc3[N+](=O)[O-])CC2)c(C)nn1. The van der Waals surface area contributed by atoms with E-state index in [0.717, 1.165) is 43.4 Å². The van der Waals surface area contributed by atoms with Crippen LogP contribution in [0.5, 0.6) is 0 Å². The van der Waals surface area contributed by atoms with E-state index in [2.05, 4.69) is 25.8 Å². The van der Waals surface area contributed by atoms with Gasteiger partial charge >= 0.3 is 5.69 Å².